The normalized spacial score (nSPS) is 23.9. The van der Waals surface area contributed by atoms with Crippen molar-refractivity contribution in [3.63, 3.8) is 0 Å². The topological polar surface area (TPSA) is 29.3 Å². The van der Waals surface area contributed by atoms with Crippen LogP contribution in [0.2, 0.25) is 0 Å². The summed E-state index contributed by atoms with van der Waals surface area (Å²) in [6, 6.07) is 5.40. The third-order valence-corrected chi connectivity index (χ3v) is 4.84. The summed E-state index contributed by atoms with van der Waals surface area (Å²) in [5, 5.41) is 0. The van der Waals surface area contributed by atoms with Crippen LogP contribution < -0.4 is 10.6 Å². The van der Waals surface area contributed by atoms with E-state index in [2.05, 4.69) is 4.90 Å². The molecule has 2 aliphatic rings. The molecule has 110 valence electrons. The number of nitrogen functional groups attached to an aromatic ring is 1. The fourth-order valence-corrected chi connectivity index (χ4v) is 3.93. The fourth-order valence-electron chi connectivity index (χ4n) is 3.93. The SMILES string of the molecule is Nc1ccc(N2CCCC2C2CCCC2)c(C(F)F)c1. The quantitative estimate of drug-likeness (QED) is 0.833. The van der Waals surface area contributed by atoms with E-state index in [1.807, 2.05) is 0 Å². The van der Waals surface area contributed by atoms with E-state index in [-0.39, 0.29) is 5.56 Å². The first kappa shape index (κ1) is 13.7. The molecular weight excluding hydrogens is 258 g/mol. The molecule has 2 fully saturated rings. The molecular formula is C16H22F2N2. The molecule has 1 heterocycles. The van der Waals surface area contributed by atoms with Crippen LogP contribution in [0.25, 0.3) is 0 Å². The van der Waals surface area contributed by atoms with Gasteiger partial charge in [-0.2, -0.15) is 0 Å². The first-order valence-corrected chi connectivity index (χ1v) is 7.61. The smallest absolute Gasteiger partial charge is 0.265 e. The number of nitrogens with two attached hydrogens (primary N) is 1. The third kappa shape index (κ3) is 2.48. The highest BCUT2D eigenvalue weighted by atomic mass is 19.3. The molecule has 0 spiro atoms. The van der Waals surface area contributed by atoms with Crippen molar-refractivity contribution in [2.75, 3.05) is 17.2 Å². The van der Waals surface area contributed by atoms with E-state index in [0.29, 0.717) is 23.3 Å². The van der Waals surface area contributed by atoms with E-state index in [4.69, 9.17) is 5.73 Å². The lowest BCUT2D eigenvalue weighted by molar-refractivity contribution is 0.151. The van der Waals surface area contributed by atoms with Crippen LogP contribution in [0.15, 0.2) is 18.2 Å². The predicted octanol–water partition coefficient (Wildman–Crippen LogP) is 4.37. The maximum atomic E-state index is 13.3. The second kappa shape index (κ2) is 5.58. The summed E-state index contributed by atoms with van der Waals surface area (Å²) in [6.45, 7) is 0.894. The molecule has 3 rings (SSSR count). The van der Waals surface area contributed by atoms with Crippen molar-refractivity contribution in [3.05, 3.63) is 23.8 Å². The highest BCUT2D eigenvalue weighted by Crippen LogP contribution is 2.41. The van der Waals surface area contributed by atoms with E-state index in [0.717, 1.165) is 19.4 Å². The van der Waals surface area contributed by atoms with Crippen LogP contribution in [-0.2, 0) is 0 Å². The van der Waals surface area contributed by atoms with Gasteiger partial charge in [-0.25, -0.2) is 8.78 Å². The number of rotatable bonds is 3. The van der Waals surface area contributed by atoms with Crippen LogP contribution in [0, 0.1) is 5.92 Å². The second-order valence-electron chi connectivity index (χ2n) is 6.07. The van der Waals surface area contributed by atoms with E-state index in [1.165, 1.54) is 31.7 Å². The lowest BCUT2D eigenvalue weighted by atomic mass is 9.95. The van der Waals surface area contributed by atoms with Crippen molar-refractivity contribution in [1.82, 2.24) is 0 Å². The molecule has 4 heteroatoms. The summed E-state index contributed by atoms with van der Waals surface area (Å²) < 4.78 is 26.6. The van der Waals surface area contributed by atoms with E-state index < -0.39 is 6.43 Å². The Balaban J connectivity index is 1.90. The maximum absolute atomic E-state index is 13.3. The van der Waals surface area contributed by atoms with Crippen LogP contribution in [0.3, 0.4) is 0 Å². The number of hydrogen-bond donors (Lipinski definition) is 1. The average molecular weight is 280 g/mol. The van der Waals surface area contributed by atoms with Gasteiger partial charge in [0, 0.05) is 29.5 Å². The van der Waals surface area contributed by atoms with E-state index in [9.17, 15) is 8.78 Å². The van der Waals surface area contributed by atoms with Crippen LogP contribution in [-0.4, -0.2) is 12.6 Å². The lowest BCUT2D eigenvalue weighted by Gasteiger charge is -2.32. The molecule has 1 aliphatic carbocycles. The Kier molecular flexibility index (Phi) is 3.81. The monoisotopic (exact) mass is 280 g/mol. The third-order valence-electron chi connectivity index (χ3n) is 4.84. The molecule has 1 aromatic carbocycles. The van der Waals surface area contributed by atoms with Gasteiger partial charge in [-0.15, -0.1) is 0 Å². The van der Waals surface area contributed by atoms with Crippen molar-refractivity contribution >= 4 is 11.4 Å². The molecule has 1 saturated heterocycles. The van der Waals surface area contributed by atoms with Crippen molar-refractivity contribution in [2.24, 2.45) is 5.92 Å². The van der Waals surface area contributed by atoms with Gasteiger partial charge in [-0.3, -0.25) is 0 Å². The minimum atomic E-state index is -2.46. The molecule has 1 aliphatic heterocycles. The lowest BCUT2D eigenvalue weighted by Crippen LogP contribution is -2.35. The van der Waals surface area contributed by atoms with Gasteiger partial charge in [-0.1, -0.05) is 12.8 Å². The Morgan fingerprint density at radius 1 is 1.10 bits per heavy atom. The largest absolute Gasteiger partial charge is 0.399 e. The second-order valence-corrected chi connectivity index (χ2v) is 6.07. The Morgan fingerprint density at radius 2 is 1.85 bits per heavy atom. The van der Waals surface area contributed by atoms with E-state index >= 15 is 0 Å². The summed E-state index contributed by atoms with van der Waals surface area (Å²) in [6.07, 6.45) is 4.86. The fraction of sp³-hybridized carbons (Fsp3) is 0.625. The zero-order valence-electron chi connectivity index (χ0n) is 11.7. The molecule has 1 atom stereocenters. The Morgan fingerprint density at radius 3 is 2.55 bits per heavy atom. The number of nitrogens with zero attached hydrogens (tertiary/aromatic N) is 1. The Bertz CT molecular complexity index is 470. The van der Waals surface area contributed by atoms with Gasteiger partial charge in [0.1, 0.15) is 0 Å². The number of alkyl halides is 2. The van der Waals surface area contributed by atoms with Crippen molar-refractivity contribution in [3.8, 4) is 0 Å². The molecule has 1 saturated carbocycles. The van der Waals surface area contributed by atoms with Crippen LogP contribution in [0.5, 0.6) is 0 Å². The molecule has 2 nitrogen and oxygen atoms in total. The van der Waals surface area contributed by atoms with E-state index in [1.54, 1.807) is 12.1 Å². The number of benzene rings is 1. The van der Waals surface area contributed by atoms with Gasteiger partial charge in [0.25, 0.3) is 6.43 Å². The Hall–Kier alpha value is -1.32. The van der Waals surface area contributed by atoms with Gasteiger partial charge >= 0.3 is 0 Å². The summed E-state index contributed by atoms with van der Waals surface area (Å²) in [5.41, 5.74) is 6.88. The zero-order chi connectivity index (χ0) is 14.1. The number of halogens is 2. The van der Waals surface area contributed by atoms with Crippen LogP contribution >= 0.6 is 0 Å². The van der Waals surface area contributed by atoms with Gasteiger partial charge in [-0.05, 0) is 49.8 Å². The van der Waals surface area contributed by atoms with Crippen LogP contribution in [0.1, 0.15) is 50.5 Å². The molecule has 1 aromatic rings. The summed E-state index contributed by atoms with van der Waals surface area (Å²) in [7, 11) is 0. The van der Waals surface area contributed by atoms with Crippen molar-refractivity contribution in [2.45, 2.75) is 51.0 Å². The first-order valence-electron chi connectivity index (χ1n) is 7.61. The minimum Gasteiger partial charge on any atom is -0.399 e. The highest BCUT2D eigenvalue weighted by molar-refractivity contribution is 5.61. The number of anilines is 2. The molecule has 0 radical (unpaired) electrons. The van der Waals surface area contributed by atoms with Gasteiger partial charge in [0.15, 0.2) is 0 Å². The molecule has 1 unspecified atom stereocenters. The zero-order valence-corrected chi connectivity index (χ0v) is 11.7. The summed E-state index contributed by atoms with van der Waals surface area (Å²) in [5.74, 6) is 0.681. The molecule has 20 heavy (non-hydrogen) atoms. The highest BCUT2D eigenvalue weighted by Gasteiger charge is 2.35. The molecule has 2 N–H and O–H groups in total. The van der Waals surface area contributed by atoms with Gasteiger partial charge in [0.2, 0.25) is 0 Å². The molecule has 0 aromatic heterocycles. The molecule has 0 amide bonds. The molecule has 0 bridgehead atoms. The summed E-state index contributed by atoms with van der Waals surface area (Å²) >= 11 is 0. The minimum absolute atomic E-state index is 0.0925. The number of hydrogen-bond acceptors (Lipinski definition) is 2. The van der Waals surface area contributed by atoms with Crippen molar-refractivity contribution in [1.29, 1.82) is 0 Å². The first-order chi connectivity index (χ1) is 9.66. The van der Waals surface area contributed by atoms with Gasteiger partial charge < -0.3 is 10.6 Å². The van der Waals surface area contributed by atoms with Gasteiger partial charge in [0.05, 0.1) is 0 Å². The standard InChI is InChI=1S/C16H22F2N2/c17-16(18)13-10-12(19)7-8-15(13)20-9-3-6-14(20)11-4-1-2-5-11/h7-8,10-11,14,16H,1-6,9,19H2. The Labute approximate surface area is 118 Å². The average Bonchev–Trinajstić information content (AvgIpc) is 3.09. The maximum Gasteiger partial charge on any atom is 0.265 e. The van der Waals surface area contributed by atoms with Crippen LogP contribution in [0.4, 0.5) is 20.2 Å². The predicted molar refractivity (Wildman–Crippen MR) is 78.1 cm³/mol. The summed E-state index contributed by atoms with van der Waals surface area (Å²) in [4.78, 5) is 2.22. The van der Waals surface area contributed by atoms with Crippen molar-refractivity contribution < 1.29 is 8.78 Å².